The fourth-order valence-electron chi connectivity index (χ4n) is 2.07. The third-order valence-corrected chi connectivity index (χ3v) is 3.10. The first-order chi connectivity index (χ1) is 8.36. The van der Waals surface area contributed by atoms with Gasteiger partial charge in [0.1, 0.15) is 13.1 Å². The summed E-state index contributed by atoms with van der Waals surface area (Å²) in [5.41, 5.74) is 2.52. The van der Waals surface area contributed by atoms with Crippen molar-refractivity contribution in [1.29, 1.82) is 0 Å². The number of hydrogen-bond acceptors (Lipinski definition) is 1. The molecule has 1 heterocycles. The van der Waals surface area contributed by atoms with Crippen molar-refractivity contribution in [3.8, 4) is 0 Å². The van der Waals surface area contributed by atoms with Crippen LogP contribution in [0.5, 0.6) is 0 Å². The van der Waals surface area contributed by atoms with Gasteiger partial charge in [-0.3, -0.25) is 0 Å². The number of halogens is 1. The number of aromatic nitrogens is 3. The van der Waals surface area contributed by atoms with Gasteiger partial charge in [-0.2, -0.15) is 0 Å². The molecule has 0 aliphatic rings. The molecule has 3 nitrogen and oxygen atoms in total. The van der Waals surface area contributed by atoms with Gasteiger partial charge in [-0.05, 0) is 25.0 Å². The van der Waals surface area contributed by atoms with Crippen molar-refractivity contribution in [2.75, 3.05) is 0 Å². The highest BCUT2D eigenvalue weighted by Crippen LogP contribution is 2.10. The average Bonchev–Trinajstić information content (AvgIpc) is 2.72. The van der Waals surface area contributed by atoms with Crippen molar-refractivity contribution >= 4 is 11.0 Å². The molecular formula is C14H22BrN3. The summed E-state index contributed by atoms with van der Waals surface area (Å²) in [6.45, 7) is 6.49. The van der Waals surface area contributed by atoms with Crippen molar-refractivity contribution in [3.63, 3.8) is 0 Å². The second-order valence-corrected chi connectivity index (χ2v) is 4.53. The molecule has 0 aliphatic heterocycles. The highest BCUT2D eigenvalue weighted by Gasteiger charge is 2.15. The molecule has 0 bridgehead atoms. The van der Waals surface area contributed by atoms with Gasteiger partial charge in [0.25, 0.3) is 0 Å². The highest BCUT2D eigenvalue weighted by molar-refractivity contribution is 5.70. The van der Waals surface area contributed by atoms with E-state index in [9.17, 15) is 0 Å². The second kappa shape index (κ2) is 7.52. The number of aryl methyl sites for hydroxylation is 2. The lowest BCUT2D eigenvalue weighted by Crippen LogP contribution is -3.00. The van der Waals surface area contributed by atoms with Gasteiger partial charge in [0.2, 0.25) is 0 Å². The Bertz CT molecular complexity index is 437. The highest BCUT2D eigenvalue weighted by atomic mass is 79.9. The number of para-hydroxylation sites is 2. The molecule has 0 atom stereocenters. The first-order valence-electron chi connectivity index (χ1n) is 6.72. The molecule has 1 aromatic carbocycles. The molecule has 18 heavy (non-hydrogen) atoms. The van der Waals surface area contributed by atoms with E-state index in [1.807, 2.05) is 0 Å². The molecule has 0 saturated heterocycles. The van der Waals surface area contributed by atoms with Crippen molar-refractivity contribution in [2.45, 2.75) is 52.6 Å². The standard InChI is InChI=1S/C14H22N3.BrH/c1-3-5-11-16-13-9-7-8-10-14(13)17(15-16)12-6-4-2;/h7-10H,3-6,11-12H2,1-2H3;1H/q+1;/p-1. The lowest BCUT2D eigenvalue weighted by molar-refractivity contribution is -0.733. The van der Waals surface area contributed by atoms with Crippen LogP contribution in [0.4, 0.5) is 0 Å². The Hall–Kier alpha value is -0.900. The molecule has 0 aliphatic carbocycles. The predicted molar refractivity (Wildman–Crippen MR) is 69.7 cm³/mol. The maximum Gasteiger partial charge on any atom is 0.198 e. The molecule has 0 unspecified atom stereocenters. The quantitative estimate of drug-likeness (QED) is 0.684. The van der Waals surface area contributed by atoms with Gasteiger partial charge in [0, 0.05) is 0 Å². The average molecular weight is 312 g/mol. The van der Waals surface area contributed by atoms with Crippen molar-refractivity contribution in [3.05, 3.63) is 24.3 Å². The van der Waals surface area contributed by atoms with Crippen molar-refractivity contribution < 1.29 is 21.7 Å². The van der Waals surface area contributed by atoms with Crippen LogP contribution in [-0.2, 0) is 13.1 Å². The molecule has 2 rings (SSSR count). The molecule has 4 heteroatoms. The first-order valence-corrected chi connectivity index (χ1v) is 6.72. The van der Waals surface area contributed by atoms with Gasteiger partial charge >= 0.3 is 0 Å². The summed E-state index contributed by atoms with van der Waals surface area (Å²) < 4.78 is 4.29. The smallest absolute Gasteiger partial charge is 0.198 e. The SMILES string of the molecule is CCCCn1n[n+](CCCC)c2ccccc21.[Br-]. The first kappa shape index (κ1) is 15.2. The largest absolute Gasteiger partial charge is 1.00 e. The van der Waals surface area contributed by atoms with E-state index in [0.29, 0.717) is 0 Å². The van der Waals surface area contributed by atoms with E-state index < -0.39 is 0 Å². The van der Waals surface area contributed by atoms with E-state index in [0.717, 1.165) is 13.1 Å². The third kappa shape index (κ3) is 3.31. The van der Waals surface area contributed by atoms with Crippen molar-refractivity contribution in [1.82, 2.24) is 9.90 Å². The molecule has 2 aromatic rings. The molecular weight excluding hydrogens is 290 g/mol. The van der Waals surface area contributed by atoms with E-state index in [2.05, 4.69) is 47.5 Å². The number of unbranched alkanes of at least 4 members (excludes halogenated alkanes) is 2. The molecule has 0 amide bonds. The number of fused-ring (bicyclic) bond motifs is 1. The van der Waals surface area contributed by atoms with Crippen molar-refractivity contribution in [2.24, 2.45) is 0 Å². The van der Waals surface area contributed by atoms with Crippen LogP contribution < -0.4 is 21.7 Å². The van der Waals surface area contributed by atoms with Gasteiger partial charge in [0.15, 0.2) is 11.0 Å². The normalized spacial score (nSPS) is 10.6. The van der Waals surface area contributed by atoms with E-state index in [4.69, 9.17) is 5.21 Å². The molecule has 0 fully saturated rings. The molecule has 0 spiro atoms. The maximum atomic E-state index is 4.70. The van der Waals surface area contributed by atoms with E-state index >= 15 is 0 Å². The molecule has 0 radical (unpaired) electrons. The van der Waals surface area contributed by atoms with Gasteiger partial charge in [-0.25, -0.2) is 0 Å². The van der Waals surface area contributed by atoms with Gasteiger partial charge in [0.05, 0.1) is 5.21 Å². The Morgan fingerprint density at radius 1 is 1.11 bits per heavy atom. The van der Waals surface area contributed by atoms with Gasteiger partial charge < -0.3 is 17.0 Å². The monoisotopic (exact) mass is 311 g/mol. The molecule has 0 saturated carbocycles. The number of hydrogen-bond donors (Lipinski definition) is 0. The summed E-state index contributed by atoms with van der Waals surface area (Å²) >= 11 is 0. The minimum Gasteiger partial charge on any atom is -1.00 e. The van der Waals surface area contributed by atoms with E-state index in [1.165, 1.54) is 36.7 Å². The lowest BCUT2D eigenvalue weighted by Gasteiger charge is -1.92. The third-order valence-electron chi connectivity index (χ3n) is 3.10. The Kier molecular flexibility index (Phi) is 6.33. The van der Waals surface area contributed by atoms with E-state index in [1.54, 1.807) is 0 Å². The number of benzene rings is 1. The topological polar surface area (TPSA) is 21.7 Å². The van der Waals surface area contributed by atoms with Gasteiger partial charge in [-0.15, -0.1) is 9.36 Å². The summed E-state index contributed by atoms with van der Waals surface area (Å²) in [6, 6.07) is 8.52. The zero-order chi connectivity index (χ0) is 12.1. The van der Waals surface area contributed by atoms with Crippen LogP contribution in [0.15, 0.2) is 24.3 Å². The second-order valence-electron chi connectivity index (χ2n) is 4.53. The molecule has 1 aromatic heterocycles. The van der Waals surface area contributed by atoms with E-state index in [-0.39, 0.29) is 17.0 Å². The summed E-state index contributed by atoms with van der Waals surface area (Å²) in [5, 5.41) is 4.70. The summed E-state index contributed by atoms with van der Waals surface area (Å²) in [4.78, 5) is 0. The Balaban J connectivity index is 0.00000162. The number of rotatable bonds is 6. The fourth-order valence-corrected chi connectivity index (χ4v) is 2.07. The van der Waals surface area contributed by atoms with Crippen LogP contribution in [0, 0.1) is 0 Å². The Labute approximate surface area is 120 Å². The zero-order valence-electron chi connectivity index (χ0n) is 11.3. The lowest BCUT2D eigenvalue weighted by atomic mass is 10.3. The number of nitrogens with zero attached hydrogens (tertiary/aromatic N) is 3. The van der Waals surface area contributed by atoms with Crippen LogP contribution in [0.1, 0.15) is 39.5 Å². The molecule has 0 N–H and O–H groups in total. The Morgan fingerprint density at radius 2 is 1.83 bits per heavy atom. The van der Waals surface area contributed by atoms with Crippen LogP contribution in [0.2, 0.25) is 0 Å². The minimum absolute atomic E-state index is 0. The Morgan fingerprint density at radius 3 is 2.56 bits per heavy atom. The summed E-state index contributed by atoms with van der Waals surface area (Å²) in [6.07, 6.45) is 4.81. The van der Waals surface area contributed by atoms with Crippen LogP contribution >= 0.6 is 0 Å². The van der Waals surface area contributed by atoms with Crippen LogP contribution in [0.3, 0.4) is 0 Å². The summed E-state index contributed by atoms with van der Waals surface area (Å²) in [7, 11) is 0. The van der Waals surface area contributed by atoms with Gasteiger partial charge in [-0.1, -0.05) is 38.8 Å². The minimum atomic E-state index is 0. The fraction of sp³-hybridized carbons (Fsp3) is 0.571. The predicted octanol–water partition coefficient (Wildman–Crippen LogP) is -0.0720. The van der Waals surface area contributed by atoms with Crippen LogP contribution in [-0.4, -0.2) is 9.90 Å². The maximum absolute atomic E-state index is 4.70. The zero-order valence-corrected chi connectivity index (χ0v) is 12.9. The van der Waals surface area contributed by atoms with Crippen LogP contribution in [0.25, 0.3) is 11.0 Å². The summed E-state index contributed by atoms with van der Waals surface area (Å²) in [5.74, 6) is 0. The molecule has 100 valence electrons.